The number of carbonyl (C=O) groups excluding carboxylic acids is 1. The third-order valence-corrected chi connectivity index (χ3v) is 2.32. The summed E-state index contributed by atoms with van der Waals surface area (Å²) in [4.78, 5) is 15.5. The SMILES string of the molecule is CCCOc1ccn2c(C(C)=O)cnc2c1. The van der Waals surface area contributed by atoms with E-state index in [1.54, 1.807) is 10.6 Å². The molecular formula is C12H14N2O2. The van der Waals surface area contributed by atoms with Crippen molar-refractivity contribution in [1.29, 1.82) is 0 Å². The van der Waals surface area contributed by atoms with Gasteiger partial charge < -0.3 is 4.74 Å². The van der Waals surface area contributed by atoms with Crippen molar-refractivity contribution in [3.05, 3.63) is 30.2 Å². The Morgan fingerprint density at radius 1 is 1.56 bits per heavy atom. The molecule has 16 heavy (non-hydrogen) atoms. The molecule has 0 aromatic carbocycles. The van der Waals surface area contributed by atoms with Gasteiger partial charge in [0.15, 0.2) is 5.78 Å². The van der Waals surface area contributed by atoms with Gasteiger partial charge in [-0.3, -0.25) is 9.20 Å². The van der Waals surface area contributed by atoms with E-state index < -0.39 is 0 Å². The zero-order chi connectivity index (χ0) is 11.5. The van der Waals surface area contributed by atoms with Crippen molar-refractivity contribution < 1.29 is 9.53 Å². The first kappa shape index (κ1) is 10.7. The maximum Gasteiger partial charge on any atom is 0.178 e. The Morgan fingerprint density at radius 3 is 3.06 bits per heavy atom. The smallest absolute Gasteiger partial charge is 0.178 e. The van der Waals surface area contributed by atoms with Crippen LogP contribution in [0.15, 0.2) is 24.5 Å². The van der Waals surface area contributed by atoms with Crippen molar-refractivity contribution in [3.8, 4) is 5.75 Å². The first-order valence-corrected chi connectivity index (χ1v) is 5.33. The maximum absolute atomic E-state index is 11.3. The van der Waals surface area contributed by atoms with Crippen LogP contribution in [0.3, 0.4) is 0 Å². The van der Waals surface area contributed by atoms with Crippen molar-refractivity contribution >= 4 is 11.4 Å². The zero-order valence-electron chi connectivity index (χ0n) is 9.43. The Hall–Kier alpha value is -1.84. The summed E-state index contributed by atoms with van der Waals surface area (Å²) in [6.45, 7) is 4.28. The van der Waals surface area contributed by atoms with Crippen LogP contribution in [0, 0.1) is 0 Å². The molecule has 0 saturated heterocycles. The lowest BCUT2D eigenvalue weighted by Crippen LogP contribution is -1.99. The van der Waals surface area contributed by atoms with Crippen molar-refractivity contribution in [3.63, 3.8) is 0 Å². The Kier molecular flexibility index (Phi) is 2.90. The summed E-state index contributed by atoms with van der Waals surface area (Å²) < 4.78 is 7.26. The van der Waals surface area contributed by atoms with Gasteiger partial charge in [0.25, 0.3) is 0 Å². The Morgan fingerprint density at radius 2 is 2.38 bits per heavy atom. The van der Waals surface area contributed by atoms with Crippen LogP contribution in [0.25, 0.3) is 5.65 Å². The van der Waals surface area contributed by atoms with Gasteiger partial charge in [-0.05, 0) is 12.5 Å². The lowest BCUT2D eigenvalue weighted by Gasteiger charge is -2.04. The summed E-state index contributed by atoms with van der Waals surface area (Å²) in [7, 11) is 0. The van der Waals surface area contributed by atoms with E-state index in [4.69, 9.17) is 4.74 Å². The van der Waals surface area contributed by atoms with E-state index in [1.165, 1.54) is 6.92 Å². The number of Topliss-reactive ketones (excluding diaryl/α,β-unsaturated/α-hetero) is 1. The molecule has 0 aliphatic heterocycles. The highest BCUT2D eigenvalue weighted by Gasteiger charge is 2.07. The van der Waals surface area contributed by atoms with Crippen LogP contribution >= 0.6 is 0 Å². The average Bonchev–Trinajstić information content (AvgIpc) is 2.69. The number of imidazole rings is 1. The van der Waals surface area contributed by atoms with Crippen LogP contribution < -0.4 is 4.74 Å². The van der Waals surface area contributed by atoms with Gasteiger partial charge >= 0.3 is 0 Å². The molecule has 0 amide bonds. The molecule has 4 heteroatoms. The summed E-state index contributed by atoms with van der Waals surface area (Å²) in [5, 5.41) is 0. The highest BCUT2D eigenvalue weighted by molar-refractivity contribution is 5.93. The highest BCUT2D eigenvalue weighted by Crippen LogP contribution is 2.15. The number of carbonyl (C=O) groups is 1. The number of nitrogens with zero attached hydrogens (tertiary/aromatic N) is 2. The second-order valence-corrected chi connectivity index (χ2v) is 3.64. The molecule has 2 heterocycles. The molecule has 0 spiro atoms. The number of ether oxygens (including phenoxy) is 1. The molecule has 0 atom stereocenters. The van der Waals surface area contributed by atoms with E-state index in [-0.39, 0.29) is 5.78 Å². The van der Waals surface area contributed by atoms with Gasteiger partial charge in [0.1, 0.15) is 17.1 Å². The summed E-state index contributed by atoms with van der Waals surface area (Å²) in [5.41, 5.74) is 1.33. The minimum Gasteiger partial charge on any atom is -0.493 e. The predicted molar refractivity (Wildman–Crippen MR) is 61.0 cm³/mol. The average molecular weight is 218 g/mol. The standard InChI is InChI=1S/C12H14N2O2/c1-3-6-16-10-4-5-14-11(9(2)15)8-13-12(14)7-10/h4-5,7-8H,3,6H2,1-2H3. The molecule has 0 N–H and O–H groups in total. The highest BCUT2D eigenvalue weighted by atomic mass is 16.5. The van der Waals surface area contributed by atoms with Gasteiger partial charge in [0.05, 0.1) is 12.8 Å². The first-order chi connectivity index (χ1) is 7.72. The largest absolute Gasteiger partial charge is 0.493 e. The van der Waals surface area contributed by atoms with Gasteiger partial charge in [-0.2, -0.15) is 0 Å². The fourth-order valence-electron chi connectivity index (χ4n) is 1.53. The van der Waals surface area contributed by atoms with Crippen molar-refractivity contribution in [1.82, 2.24) is 9.38 Å². The molecule has 0 bridgehead atoms. The van der Waals surface area contributed by atoms with E-state index in [1.807, 2.05) is 18.3 Å². The molecule has 2 aromatic heterocycles. The second-order valence-electron chi connectivity index (χ2n) is 3.64. The number of fused-ring (bicyclic) bond motifs is 1. The minimum absolute atomic E-state index is 0.00901. The first-order valence-electron chi connectivity index (χ1n) is 5.33. The molecular weight excluding hydrogens is 204 g/mol. The van der Waals surface area contributed by atoms with Gasteiger partial charge in [-0.25, -0.2) is 4.98 Å². The monoisotopic (exact) mass is 218 g/mol. The van der Waals surface area contributed by atoms with Crippen molar-refractivity contribution in [2.75, 3.05) is 6.61 Å². The molecule has 84 valence electrons. The molecule has 0 aliphatic carbocycles. The summed E-state index contributed by atoms with van der Waals surface area (Å²) in [6.07, 6.45) is 4.36. The van der Waals surface area contributed by atoms with Gasteiger partial charge in [-0.1, -0.05) is 6.92 Å². The molecule has 2 aromatic rings. The molecule has 0 unspecified atom stereocenters. The van der Waals surface area contributed by atoms with Crippen LogP contribution in [0.5, 0.6) is 5.75 Å². The number of rotatable bonds is 4. The summed E-state index contributed by atoms with van der Waals surface area (Å²) in [5.74, 6) is 0.796. The molecule has 0 aliphatic rings. The van der Waals surface area contributed by atoms with Crippen LogP contribution in [-0.2, 0) is 0 Å². The maximum atomic E-state index is 11.3. The van der Waals surface area contributed by atoms with Crippen LogP contribution in [-0.4, -0.2) is 21.8 Å². The number of hydrogen-bond donors (Lipinski definition) is 0. The Labute approximate surface area is 93.9 Å². The topological polar surface area (TPSA) is 43.6 Å². The fraction of sp³-hybridized carbons (Fsp3) is 0.333. The number of ketones is 1. The zero-order valence-corrected chi connectivity index (χ0v) is 9.43. The van der Waals surface area contributed by atoms with E-state index in [2.05, 4.69) is 11.9 Å². The van der Waals surface area contributed by atoms with E-state index >= 15 is 0 Å². The van der Waals surface area contributed by atoms with Crippen LogP contribution in [0.2, 0.25) is 0 Å². The third kappa shape index (κ3) is 1.91. The van der Waals surface area contributed by atoms with Crippen molar-refractivity contribution in [2.24, 2.45) is 0 Å². The van der Waals surface area contributed by atoms with E-state index in [0.29, 0.717) is 12.3 Å². The van der Waals surface area contributed by atoms with Crippen molar-refractivity contribution in [2.45, 2.75) is 20.3 Å². The van der Waals surface area contributed by atoms with Crippen LogP contribution in [0.1, 0.15) is 30.8 Å². The van der Waals surface area contributed by atoms with Crippen LogP contribution in [0.4, 0.5) is 0 Å². The predicted octanol–water partition coefficient (Wildman–Crippen LogP) is 2.33. The van der Waals surface area contributed by atoms with E-state index in [9.17, 15) is 4.79 Å². The molecule has 4 nitrogen and oxygen atoms in total. The lowest BCUT2D eigenvalue weighted by molar-refractivity contribution is 0.101. The fourth-order valence-corrected chi connectivity index (χ4v) is 1.53. The summed E-state index contributed by atoms with van der Waals surface area (Å²) in [6, 6.07) is 3.68. The number of hydrogen-bond acceptors (Lipinski definition) is 3. The lowest BCUT2D eigenvalue weighted by atomic mass is 10.3. The Bertz CT molecular complexity index is 517. The molecule has 0 saturated carbocycles. The number of aromatic nitrogens is 2. The molecule has 0 radical (unpaired) electrons. The normalized spacial score (nSPS) is 10.6. The van der Waals surface area contributed by atoms with E-state index in [0.717, 1.165) is 17.8 Å². The van der Waals surface area contributed by atoms with Gasteiger partial charge in [0.2, 0.25) is 0 Å². The molecule has 2 rings (SSSR count). The summed E-state index contributed by atoms with van der Waals surface area (Å²) >= 11 is 0. The minimum atomic E-state index is 0.00901. The number of pyridine rings is 1. The Balaban J connectivity index is 2.37. The third-order valence-electron chi connectivity index (χ3n) is 2.32. The van der Waals surface area contributed by atoms with Gasteiger partial charge in [-0.15, -0.1) is 0 Å². The second kappa shape index (κ2) is 4.35. The quantitative estimate of drug-likeness (QED) is 0.740. The van der Waals surface area contributed by atoms with Gasteiger partial charge in [0, 0.05) is 19.2 Å². The molecule has 0 fully saturated rings.